The SMILES string of the molecule is COCC(O)(C(C)C)C1(CN)CCc2ccccc2C1. The Morgan fingerprint density at radius 2 is 2.00 bits per heavy atom. The predicted octanol–water partition coefficient (Wildman–Crippen LogP) is 2.15. The van der Waals surface area contributed by atoms with Gasteiger partial charge >= 0.3 is 0 Å². The average Bonchev–Trinajstić information content (AvgIpc) is 2.46. The largest absolute Gasteiger partial charge is 0.387 e. The monoisotopic (exact) mass is 277 g/mol. The Hall–Kier alpha value is -0.900. The highest BCUT2D eigenvalue weighted by molar-refractivity contribution is 5.32. The Morgan fingerprint density at radius 3 is 2.55 bits per heavy atom. The van der Waals surface area contributed by atoms with E-state index in [0.29, 0.717) is 13.2 Å². The Balaban J connectivity index is 2.40. The first kappa shape index (κ1) is 15.5. The van der Waals surface area contributed by atoms with Crippen molar-refractivity contribution in [1.82, 2.24) is 0 Å². The summed E-state index contributed by atoms with van der Waals surface area (Å²) < 4.78 is 5.33. The number of aryl methyl sites for hydroxylation is 1. The molecular formula is C17H27NO2. The van der Waals surface area contributed by atoms with E-state index in [0.717, 1.165) is 19.3 Å². The molecule has 0 bridgehead atoms. The number of nitrogens with two attached hydrogens (primary N) is 1. The fourth-order valence-electron chi connectivity index (χ4n) is 3.67. The first-order valence-corrected chi connectivity index (χ1v) is 7.47. The van der Waals surface area contributed by atoms with E-state index in [2.05, 4.69) is 38.1 Å². The van der Waals surface area contributed by atoms with E-state index < -0.39 is 5.60 Å². The number of methoxy groups -OCH3 is 1. The van der Waals surface area contributed by atoms with Crippen molar-refractivity contribution in [2.45, 2.75) is 38.7 Å². The fourth-order valence-corrected chi connectivity index (χ4v) is 3.67. The molecule has 0 radical (unpaired) electrons. The molecule has 2 unspecified atom stereocenters. The highest BCUT2D eigenvalue weighted by atomic mass is 16.5. The van der Waals surface area contributed by atoms with Crippen LogP contribution in [0.4, 0.5) is 0 Å². The minimum atomic E-state index is -0.885. The molecule has 1 aliphatic carbocycles. The molecule has 3 heteroatoms. The molecule has 0 heterocycles. The van der Waals surface area contributed by atoms with Crippen LogP contribution >= 0.6 is 0 Å². The van der Waals surface area contributed by atoms with Crippen molar-refractivity contribution in [3.05, 3.63) is 35.4 Å². The van der Waals surface area contributed by atoms with Crippen LogP contribution in [-0.2, 0) is 17.6 Å². The van der Waals surface area contributed by atoms with Gasteiger partial charge in [0.2, 0.25) is 0 Å². The standard InChI is InChI=1S/C17H27NO2/c1-13(2)17(19,12-20-3)16(11-18)9-8-14-6-4-5-7-15(14)10-16/h4-7,13,19H,8-12,18H2,1-3H3. The van der Waals surface area contributed by atoms with Crippen LogP contribution in [0, 0.1) is 11.3 Å². The maximum absolute atomic E-state index is 11.3. The maximum Gasteiger partial charge on any atom is 0.0973 e. The molecule has 112 valence electrons. The maximum atomic E-state index is 11.3. The lowest BCUT2D eigenvalue weighted by Gasteiger charge is -2.51. The van der Waals surface area contributed by atoms with Gasteiger partial charge in [-0.05, 0) is 36.3 Å². The van der Waals surface area contributed by atoms with E-state index in [4.69, 9.17) is 10.5 Å². The van der Waals surface area contributed by atoms with Gasteiger partial charge in [0.05, 0.1) is 12.2 Å². The Labute approximate surface area is 122 Å². The van der Waals surface area contributed by atoms with Crippen molar-refractivity contribution in [2.75, 3.05) is 20.3 Å². The molecule has 20 heavy (non-hydrogen) atoms. The van der Waals surface area contributed by atoms with Gasteiger partial charge in [0.25, 0.3) is 0 Å². The molecule has 0 aliphatic heterocycles. The zero-order valence-electron chi connectivity index (χ0n) is 12.9. The quantitative estimate of drug-likeness (QED) is 0.867. The molecule has 2 rings (SSSR count). The zero-order valence-corrected chi connectivity index (χ0v) is 12.9. The van der Waals surface area contributed by atoms with Crippen molar-refractivity contribution in [2.24, 2.45) is 17.1 Å². The lowest BCUT2D eigenvalue weighted by molar-refractivity contribution is -0.156. The molecule has 0 spiro atoms. The van der Waals surface area contributed by atoms with Gasteiger partial charge in [-0.3, -0.25) is 0 Å². The summed E-state index contributed by atoms with van der Waals surface area (Å²) in [6, 6.07) is 8.49. The molecule has 2 atom stereocenters. The van der Waals surface area contributed by atoms with Gasteiger partial charge in [-0.2, -0.15) is 0 Å². The lowest BCUT2D eigenvalue weighted by Crippen LogP contribution is -2.60. The molecule has 0 aromatic heterocycles. The number of fused-ring (bicyclic) bond motifs is 1. The number of aliphatic hydroxyl groups is 1. The second-order valence-electron chi connectivity index (χ2n) is 6.44. The van der Waals surface area contributed by atoms with Crippen LogP contribution in [0.5, 0.6) is 0 Å². The highest BCUT2D eigenvalue weighted by Gasteiger charge is 2.52. The van der Waals surface area contributed by atoms with Gasteiger partial charge in [0.15, 0.2) is 0 Å². The first-order chi connectivity index (χ1) is 9.49. The smallest absolute Gasteiger partial charge is 0.0973 e. The van der Waals surface area contributed by atoms with Crippen LogP contribution in [0.2, 0.25) is 0 Å². The molecule has 0 amide bonds. The fraction of sp³-hybridized carbons (Fsp3) is 0.647. The molecule has 1 aromatic rings. The number of ether oxygens (including phenoxy) is 1. The number of benzene rings is 1. The summed E-state index contributed by atoms with van der Waals surface area (Å²) in [5.41, 5.74) is 7.66. The second kappa shape index (κ2) is 5.84. The topological polar surface area (TPSA) is 55.5 Å². The van der Waals surface area contributed by atoms with Gasteiger partial charge in [-0.15, -0.1) is 0 Å². The molecule has 0 saturated heterocycles. The van der Waals surface area contributed by atoms with Gasteiger partial charge in [-0.1, -0.05) is 38.1 Å². The van der Waals surface area contributed by atoms with E-state index in [1.165, 1.54) is 11.1 Å². The summed E-state index contributed by atoms with van der Waals surface area (Å²) in [5, 5.41) is 11.3. The van der Waals surface area contributed by atoms with Crippen LogP contribution < -0.4 is 5.73 Å². The summed E-state index contributed by atoms with van der Waals surface area (Å²) in [6.45, 7) is 4.93. The summed E-state index contributed by atoms with van der Waals surface area (Å²) in [7, 11) is 1.65. The van der Waals surface area contributed by atoms with Crippen molar-refractivity contribution in [3.63, 3.8) is 0 Å². The van der Waals surface area contributed by atoms with Crippen LogP contribution in [0.15, 0.2) is 24.3 Å². The van der Waals surface area contributed by atoms with Crippen molar-refractivity contribution in [3.8, 4) is 0 Å². The van der Waals surface area contributed by atoms with Crippen molar-refractivity contribution >= 4 is 0 Å². The highest BCUT2D eigenvalue weighted by Crippen LogP contribution is 2.46. The molecule has 0 fully saturated rings. The summed E-state index contributed by atoms with van der Waals surface area (Å²) in [5.74, 6) is 0.108. The van der Waals surface area contributed by atoms with E-state index in [1.807, 2.05) is 0 Å². The minimum absolute atomic E-state index is 0.108. The lowest BCUT2D eigenvalue weighted by atomic mass is 9.58. The van der Waals surface area contributed by atoms with Gasteiger partial charge in [0, 0.05) is 19.1 Å². The third kappa shape index (κ3) is 2.39. The minimum Gasteiger partial charge on any atom is -0.387 e. The summed E-state index contributed by atoms with van der Waals surface area (Å²) in [6.07, 6.45) is 2.72. The van der Waals surface area contributed by atoms with Crippen LogP contribution in [0.3, 0.4) is 0 Å². The van der Waals surface area contributed by atoms with Crippen LogP contribution in [0.1, 0.15) is 31.4 Å². The predicted molar refractivity (Wildman–Crippen MR) is 81.6 cm³/mol. The molecule has 1 aromatic carbocycles. The summed E-state index contributed by atoms with van der Waals surface area (Å²) >= 11 is 0. The third-order valence-corrected chi connectivity index (χ3v) is 5.15. The molecular weight excluding hydrogens is 250 g/mol. The first-order valence-electron chi connectivity index (χ1n) is 7.47. The van der Waals surface area contributed by atoms with Gasteiger partial charge in [-0.25, -0.2) is 0 Å². The molecule has 3 N–H and O–H groups in total. The molecule has 0 saturated carbocycles. The Kier molecular flexibility index (Phi) is 4.52. The van der Waals surface area contributed by atoms with Crippen LogP contribution in [0.25, 0.3) is 0 Å². The third-order valence-electron chi connectivity index (χ3n) is 5.15. The average molecular weight is 277 g/mol. The summed E-state index contributed by atoms with van der Waals surface area (Å²) in [4.78, 5) is 0. The molecule has 1 aliphatic rings. The van der Waals surface area contributed by atoms with E-state index in [9.17, 15) is 5.11 Å². The van der Waals surface area contributed by atoms with E-state index in [-0.39, 0.29) is 11.3 Å². The van der Waals surface area contributed by atoms with E-state index in [1.54, 1.807) is 7.11 Å². The molecule has 3 nitrogen and oxygen atoms in total. The Bertz CT molecular complexity index is 460. The van der Waals surface area contributed by atoms with Crippen molar-refractivity contribution in [1.29, 1.82) is 0 Å². The van der Waals surface area contributed by atoms with E-state index >= 15 is 0 Å². The van der Waals surface area contributed by atoms with Crippen LogP contribution in [-0.4, -0.2) is 31.0 Å². The van der Waals surface area contributed by atoms with Gasteiger partial charge in [0.1, 0.15) is 0 Å². The zero-order chi connectivity index (χ0) is 14.8. The van der Waals surface area contributed by atoms with Crippen molar-refractivity contribution < 1.29 is 9.84 Å². The number of hydrogen-bond donors (Lipinski definition) is 2. The normalized spacial score (nSPS) is 25.3. The number of hydrogen-bond acceptors (Lipinski definition) is 3. The number of rotatable bonds is 5. The Morgan fingerprint density at radius 1 is 1.35 bits per heavy atom. The van der Waals surface area contributed by atoms with Gasteiger partial charge < -0.3 is 15.6 Å². The second-order valence-corrected chi connectivity index (χ2v) is 6.44.